The maximum atomic E-state index is 10.3. The van der Waals surface area contributed by atoms with E-state index in [4.69, 9.17) is 14.2 Å². The van der Waals surface area contributed by atoms with Crippen molar-refractivity contribution in [3.8, 4) is 28.4 Å². The maximum Gasteiger partial charge on any atom is 0.199 e. The van der Waals surface area contributed by atoms with Crippen molar-refractivity contribution in [1.82, 2.24) is 0 Å². The first-order chi connectivity index (χ1) is 10.8. The number of ether oxygens (including phenoxy) is 3. The number of phenols is 1. The molecule has 1 heterocycles. The van der Waals surface area contributed by atoms with Gasteiger partial charge in [0.15, 0.2) is 6.29 Å². The van der Waals surface area contributed by atoms with Crippen LogP contribution in [0.1, 0.15) is 19.3 Å². The fourth-order valence-electron chi connectivity index (χ4n) is 2.49. The van der Waals surface area contributed by atoms with E-state index >= 15 is 0 Å². The van der Waals surface area contributed by atoms with Crippen LogP contribution in [0.25, 0.3) is 11.1 Å². The third-order valence-electron chi connectivity index (χ3n) is 3.65. The second-order valence-electron chi connectivity index (χ2n) is 5.23. The van der Waals surface area contributed by atoms with Crippen molar-refractivity contribution >= 4 is 0 Å². The molecular formula is C18H19O4. The number of methoxy groups -OCH3 is 1. The van der Waals surface area contributed by atoms with Crippen LogP contribution in [0.15, 0.2) is 36.4 Å². The third-order valence-corrected chi connectivity index (χ3v) is 3.65. The molecule has 0 bridgehead atoms. The number of aromatic hydroxyl groups is 1. The summed E-state index contributed by atoms with van der Waals surface area (Å²) < 4.78 is 16.5. The van der Waals surface area contributed by atoms with Crippen molar-refractivity contribution in [3.05, 3.63) is 42.5 Å². The molecule has 1 atom stereocenters. The zero-order valence-electron chi connectivity index (χ0n) is 12.5. The minimum atomic E-state index is -0.220. The summed E-state index contributed by atoms with van der Waals surface area (Å²) in [6.45, 7) is 0.730. The van der Waals surface area contributed by atoms with Gasteiger partial charge in [0.05, 0.1) is 13.7 Å². The number of rotatable bonds is 4. The Morgan fingerprint density at radius 1 is 1.23 bits per heavy atom. The van der Waals surface area contributed by atoms with Gasteiger partial charge in [-0.15, -0.1) is 0 Å². The van der Waals surface area contributed by atoms with Crippen molar-refractivity contribution in [2.45, 2.75) is 25.6 Å². The van der Waals surface area contributed by atoms with Crippen LogP contribution < -0.4 is 9.47 Å². The standard InChI is InChI=1S/C18H19O4/c1-20-14-6-4-5-13(11-14)16-9-8-15(12-17(16)19)22-18-7-2-3-10-21-18/h4-6,8-9,12,18-19H,2-3,7,10H2,1H3. The zero-order chi connectivity index (χ0) is 15.4. The third kappa shape index (κ3) is 3.34. The van der Waals surface area contributed by atoms with Crippen LogP contribution in [0.5, 0.6) is 17.2 Å². The summed E-state index contributed by atoms with van der Waals surface area (Å²) in [7, 11) is 1.59. The highest BCUT2D eigenvalue weighted by Crippen LogP contribution is 2.34. The molecule has 0 aromatic heterocycles. The largest absolute Gasteiger partial charge is 0.507 e. The molecule has 22 heavy (non-hydrogen) atoms. The predicted molar refractivity (Wildman–Crippen MR) is 83.1 cm³/mol. The van der Waals surface area contributed by atoms with Crippen LogP contribution in [0.2, 0.25) is 0 Å². The Balaban J connectivity index is 1.79. The summed E-state index contributed by atoms with van der Waals surface area (Å²) in [5.41, 5.74) is 1.47. The summed E-state index contributed by atoms with van der Waals surface area (Å²) in [5.74, 6) is 1.39. The molecule has 115 valence electrons. The van der Waals surface area contributed by atoms with Crippen LogP contribution >= 0.6 is 0 Å². The summed E-state index contributed by atoms with van der Waals surface area (Å²) >= 11 is 0. The van der Waals surface area contributed by atoms with E-state index in [0.29, 0.717) is 17.1 Å². The Bertz CT molecular complexity index is 633. The number of phenolic OH excluding ortho intramolecular Hbond substituents is 1. The average molecular weight is 299 g/mol. The Morgan fingerprint density at radius 2 is 2.14 bits per heavy atom. The number of hydrogen-bond acceptors (Lipinski definition) is 4. The highest BCUT2D eigenvalue weighted by Gasteiger charge is 2.16. The molecule has 1 fully saturated rings. The van der Waals surface area contributed by atoms with Crippen molar-refractivity contribution in [3.63, 3.8) is 0 Å². The van der Waals surface area contributed by atoms with E-state index in [1.54, 1.807) is 13.2 Å². The van der Waals surface area contributed by atoms with Gasteiger partial charge >= 0.3 is 0 Å². The molecule has 1 radical (unpaired) electrons. The van der Waals surface area contributed by atoms with Crippen LogP contribution in [-0.4, -0.2) is 25.1 Å². The van der Waals surface area contributed by atoms with E-state index in [9.17, 15) is 5.11 Å². The maximum absolute atomic E-state index is 10.3. The number of hydrogen-bond donors (Lipinski definition) is 1. The Morgan fingerprint density at radius 3 is 2.86 bits per heavy atom. The van der Waals surface area contributed by atoms with Crippen LogP contribution in [0, 0.1) is 6.07 Å². The van der Waals surface area contributed by atoms with E-state index in [1.165, 1.54) is 0 Å². The van der Waals surface area contributed by atoms with Gasteiger partial charge in [-0.05, 0) is 36.6 Å². The molecule has 1 aliphatic heterocycles. The molecule has 0 aliphatic carbocycles. The SMILES string of the molecule is COc1[c]c(-c2ccc(OC3CCCCO3)cc2O)ccc1. The number of benzene rings is 2. The first-order valence-electron chi connectivity index (χ1n) is 7.44. The minimum Gasteiger partial charge on any atom is -0.507 e. The van der Waals surface area contributed by atoms with Gasteiger partial charge in [-0.25, -0.2) is 0 Å². The van der Waals surface area contributed by atoms with Crippen molar-refractivity contribution in [2.75, 3.05) is 13.7 Å². The molecule has 0 spiro atoms. The highest BCUT2D eigenvalue weighted by atomic mass is 16.7. The van der Waals surface area contributed by atoms with E-state index in [-0.39, 0.29) is 12.0 Å². The van der Waals surface area contributed by atoms with Crippen LogP contribution in [0.4, 0.5) is 0 Å². The molecule has 0 saturated carbocycles. The molecule has 0 amide bonds. The fraction of sp³-hybridized carbons (Fsp3) is 0.333. The van der Waals surface area contributed by atoms with Gasteiger partial charge < -0.3 is 19.3 Å². The summed E-state index contributed by atoms with van der Waals surface area (Å²) in [6.07, 6.45) is 2.84. The topological polar surface area (TPSA) is 47.9 Å². The molecule has 2 aromatic rings. The van der Waals surface area contributed by atoms with Crippen LogP contribution in [-0.2, 0) is 4.74 Å². The van der Waals surface area contributed by atoms with Crippen molar-refractivity contribution in [2.24, 2.45) is 0 Å². The quantitative estimate of drug-likeness (QED) is 0.933. The lowest BCUT2D eigenvalue weighted by molar-refractivity contribution is -0.105. The molecule has 4 heteroatoms. The molecule has 1 aliphatic rings. The summed E-state index contributed by atoms with van der Waals surface area (Å²) in [6, 6.07) is 13.9. The smallest absolute Gasteiger partial charge is 0.199 e. The van der Waals surface area contributed by atoms with Crippen molar-refractivity contribution < 1.29 is 19.3 Å². The molecular weight excluding hydrogens is 280 g/mol. The van der Waals surface area contributed by atoms with Gasteiger partial charge in [-0.3, -0.25) is 0 Å². The monoisotopic (exact) mass is 299 g/mol. The average Bonchev–Trinajstić information content (AvgIpc) is 2.56. The molecule has 3 rings (SSSR count). The zero-order valence-corrected chi connectivity index (χ0v) is 12.5. The van der Waals surface area contributed by atoms with E-state index in [2.05, 4.69) is 6.07 Å². The molecule has 1 N–H and O–H groups in total. The molecule has 1 unspecified atom stereocenters. The highest BCUT2D eigenvalue weighted by molar-refractivity contribution is 5.71. The van der Waals surface area contributed by atoms with Gasteiger partial charge in [0, 0.05) is 24.1 Å². The lowest BCUT2D eigenvalue weighted by Crippen LogP contribution is -2.24. The summed E-state index contributed by atoms with van der Waals surface area (Å²) in [4.78, 5) is 0. The first-order valence-corrected chi connectivity index (χ1v) is 7.44. The Labute approximate surface area is 130 Å². The molecule has 1 saturated heterocycles. The fourth-order valence-corrected chi connectivity index (χ4v) is 2.49. The predicted octanol–water partition coefficient (Wildman–Crippen LogP) is 3.77. The van der Waals surface area contributed by atoms with E-state index in [0.717, 1.165) is 31.4 Å². The lowest BCUT2D eigenvalue weighted by Gasteiger charge is -2.23. The second kappa shape index (κ2) is 6.71. The van der Waals surface area contributed by atoms with Gasteiger partial charge in [0.2, 0.25) is 0 Å². The first kappa shape index (κ1) is 14.7. The van der Waals surface area contributed by atoms with Gasteiger partial charge in [-0.2, -0.15) is 0 Å². The summed E-state index contributed by atoms with van der Waals surface area (Å²) in [5, 5.41) is 10.3. The normalized spacial score (nSPS) is 18.0. The lowest BCUT2D eigenvalue weighted by atomic mass is 10.0. The Kier molecular flexibility index (Phi) is 4.49. The van der Waals surface area contributed by atoms with Crippen molar-refractivity contribution in [1.29, 1.82) is 0 Å². The molecule has 2 aromatic carbocycles. The van der Waals surface area contributed by atoms with Gasteiger partial charge in [-0.1, -0.05) is 12.1 Å². The van der Waals surface area contributed by atoms with E-state index < -0.39 is 0 Å². The molecule has 4 nitrogen and oxygen atoms in total. The second-order valence-corrected chi connectivity index (χ2v) is 5.23. The van der Waals surface area contributed by atoms with Crippen LogP contribution in [0.3, 0.4) is 0 Å². The van der Waals surface area contributed by atoms with E-state index in [1.807, 2.05) is 30.3 Å². The minimum absolute atomic E-state index is 0.151. The van der Waals surface area contributed by atoms with Gasteiger partial charge in [0.25, 0.3) is 0 Å². The Hall–Kier alpha value is -2.20. The van der Waals surface area contributed by atoms with Gasteiger partial charge in [0.1, 0.15) is 17.2 Å².